The van der Waals surface area contributed by atoms with Gasteiger partial charge in [0.05, 0.1) is 12.3 Å². The molecular weight excluding hydrogens is 244 g/mol. The Morgan fingerprint density at radius 2 is 2.26 bits per heavy atom. The van der Waals surface area contributed by atoms with Crippen molar-refractivity contribution in [3.8, 4) is 5.69 Å². The molecule has 100 valence electrons. The van der Waals surface area contributed by atoms with Gasteiger partial charge in [0.15, 0.2) is 0 Å². The molecule has 0 unspecified atom stereocenters. The molecule has 0 atom stereocenters. The normalized spacial score (nSPS) is 10.2. The number of carbonyl (C=O) groups is 1. The Balaban J connectivity index is 2.12. The average molecular weight is 260 g/mol. The van der Waals surface area contributed by atoms with Crippen LogP contribution in [-0.2, 0) is 0 Å². The summed E-state index contributed by atoms with van der Waals surface area (Å²) in [7, 11) is 0. The Morgan fingerprint density at radius 3 is 2.95 bits per heavy atom. The highest BCUT2D eigenvalue weighted by molar-refractivity contribution is 5.89. The third-order valence-electron chi connectivity index (χ3n) is 2.58. The summed E-state index contributed by atoms with van der Waals surface area (Å²) in [5, 5.41) is 18.1. The first-order valence-corrected chi connectivity index (χ1v) is 5.97. The summed E-state index contributed by atoms with van der Waals surface area (Å²) in [6.07, 6.45) is 1.73. The molecule has 1 heterocycles. The van der Waals surface area contributed by atoms with Crippen molar-refractivity contribution in [3.63, 3.8) is 0 Å². The highest BCUT2D eigenvalue weighted by Gasteiger charge is 2.04. The maximum Gasteiger partial charge on any atom is 0.319 e. The van der Waals surface area contributed by atoms with Crippen LogP contribution < -0.4 is 10.6 Å². The van der Waals surface area contributed by atoms with Gasteiger partial charge in [0, 0.05) is 24.1 Å². The molecule has 6 nitrogen and oxygen atoms in total. The highest BCUT2D eigenvalue weighted by Crippen LogP contribution is 2.15. The lowest BCUT2D eigenvalue weighted by Crippen LogP contribution is -2.30. The molecule has 0 aliphatic heterocycles. The van der Waals surface area contributed by atoms with E-state index in [1.807, 2.05) is 31.2 Å². The Bertz CT molecular complexity index is 565. The Morgan fingerprint density at radius 1 is 1.42 bits per heavy atom. The van der Waals surface area contributed by atoms with Crippen molar-refractivity contribution in [2.75, 3.05) is 18.5 Å². The molecule has 0 fully saturated rings. The van der Waals surface area contributed by atoms with Crippen molar-refractivity contribution in [3.05, 3.63) is 42.2 Å². The summed E-state index contributed by atoms with van der Waals surface area (Å²) in [5.41, 5.74) is 2.56. The van der Waals surface area contributed by atoms with Crippen LogP contribution in [0.5, 0.6) is 0 Å². The van der Waals surface area contributed by atoms with Gasteiger partial charge in [-0.3, -0.25) is 0 Å². The second kappa shape index (κ2) is 6.01. The number of benzene rings is 1. The molecule has 2 amide bonds. The summed E-state index contributed by atoms with van der Waals surface area (Å²) in [4.78, 5) is 11.5. The molecule has 1 aromatic heterocycles. The maximum absolute atomic E-state index is 11.5. The van der Waals surface area contributed by atoms with Crippen LogP contribution in [0.3, 0.4) is 0 Å². The van der Waals surface area contributed by atoms with Gasteiger partial charge in [-0.1, -0.05) is 6.07 Å². The van der Waals surface area contributed by atoms with Crippen molar-refractivity contribution in [2.45, 2.75) is 6.92 Å². The number of carbonyl (C=O) groups excluding carboxylic acids is 1. The third kappa shape index (κ3) is 3.32. The number of aliphatic hydroxyl groups is 1. The van der Waals surface area contributed by atoms with E-state index in [9.17, 15) is 4.79 Å². The number of urea groups is 1. The van der Waals surface area contributed by atoms with E-state index in [1.54, 1.807) is 16.9 Å². The Kier molecular flexibility index (Phi) is 4.15. The van der Waals surface area contributed by atoms with Crippen molar-refractivity contribution in [1.82, 2.24) is 15.1 Å². The second-order valence-corrected chi connectivity index (χ2v) is 4.04. The van der Waals surface area contributed by atoms with E-state index in [0.29, 0.717) is 5.69 Å². The van der Waals surface area contributed by atoms with Gasteiger partial charge < -0.3 is 15.7 Å². The van der Waals surface area contributed by atoms with E-state index in [2.05, 4.69) is 15.7 Å². The van der Waals surface area contributed by atoms with E-state index >= 15 is 0 Å². The number of aliphatic hydroxyl groups excluding tert-OH is 1. The van der Waals surface area contributed by atoms with Crippen LogP contribution in [0.4, 0.5) is 10.5 Å². The fraction of sp³-hybridized carbons (Fsp3) is 0.231. The number of anilines is 1. The fourth-order valence-electron chi connectivity index (χ4n) is 1.70. The topological polar surface area (TPSA) is 79.2 Å². The third-order valence-corrected chi connectivity index (χ3v) is 2.58. The van der Waals surface area contributed by atoms with Crippen LogP contribution in [-0.4, -0.2) is 34.1 Å². The predicted octanol–water partition coefficient (Wildman–Crippen LogP) is 1.29. The largest absolute Gasteiger partial charge is 0.395 e. The lowest BCUT2D eigenvalue weighted by atomic mass is 10.2. The van der Waals surface area contributed by atoms with E-state index in [4.69, 9.17) is 5.11 Å². The minimum Gasteiger partial charge on any atom is -0.395 e. The minimum absolute atomic E-state index is 0.0834. The molecule has 6 heteroatoms. The van der Waals surface area contributed by atoms with Crippen molar-refractivity contribution >= 4 is 11.7 Å². The van der Waals surface area contributed by atoms with E-state index in [1.165, 1.54) is 0 Å². The van der Waals surface area contributed by atoms with Crippen LogP contribution in [0.1, 0.15) is 5.69 Å². The number of aryl methyl sites for hydroxylation is 1. The molecule has 2 rings (SSSR count). The molecule has 2 aromatic rings. The minimum atomic E-state index is -0.344. The molecule has 19 heavy (non-hydrogen) atoms. The smallest absolute Gasteiger partial charge is 0.319 e. The quantitative estimate of drug-likeness (QED) is 0.775. The highest BCUT2D eigenvalue weighted by atomic mass is 16.3. The first-order chi connectivity index (χ1) is 9.20. The summed E-state index contributed by atoms with van der Waals surface area (Å²) in [6.45, 7) is 2.10. The molecule has 0 aliphatic carbocycles. The van der Waals surface area contributed by atoms with Crippen molar-refractivity contribution in [2.24, 2.45) is 0 Å². The fourth-order valence-corrected chi connectivity index (χ4v) is 1.70. The van der Waals surface area contributed by atoms with Crippen LogP contribution in [0.15, 0.2) is 36.5 Å². The van der Waals surface area contributed by atoms with Gasteiger partial charge in [0.25, 0.3) is 0 Å². The van der Waals surface area contributed by atoms with Crippen LogP contribution in [0.2, 0.25) is 0 Å². The van der Waals surface area contributed by atoms with Gasteiger partial charge in [-0.05, 0) is 31.2 Å². The van der Waals surface area contributed by atoms with Gasteiger partial charge in [0.2, 0.25) is 0 Å². The molecule has 0 bridgehead atoms. The number of rotatable bonds is 4. The molecule has 0 aliphatic rings. The number of hydrogen-bond donors (Lipinski definition) is 3. The lowest BCUT2D eigenvalue weighted by Gasteiger charge is -2.09. The van der Waals surface area contributed by atoms with E-state index in [-0.39, 0.29) is 19.2 Å². The maximum atomic E-state index is 11.5. The molecular formula is C13H16N4O2. The number of amides is 2. The number of nitrogens with zero attached hydrogens (tertiary/aromatic N) is 2. The Hall–Kier alpha value is -2.34. The molecule has 3 N–H and O–H groups in total. The second-order valence-electron chi connectivity index (χ2n) is 4.04. The predicted molar refractivity (Wildman–Crippen MR) is 72.4 cm³/mol. The summed E-state index contributed by atoms with van der Waals surface area (Å²) >= 11 is 0. The van der Waals surface area contributed by atoms with Gasteiger partial charge in [0.1, 0.15) is 0 Å². The lowest BCUT2D eigenvalue weighted by molar-refractivity contribution is 0.245. The zero-order valence-electron chi connectivity index (χ0n) is 10.6. The van der Waals surface area contributed by atoms with Crippen LogP contribution in [0.25, 0.3) is 5.69 Å². The first kappa shape index (κ1) is 13.1. The van der Waals surface area contributed by atoms with Gasteiger partial charge >= 0.3 is 6.03 Å². The van der Waals surface area contributed by atoms with Gasteiger partial charge in [-0.25, -0.2) is 9.48 Å². The molecule has 0 saturated heterocycles. The molecule has 1 aromatic carbocycles. The summed E-state index contributed by atoms with van der Waals surface area (Å²) in [6, 6.07) is 8.95. The van der Waals surface area contributed by atoms with Crippen molar-refractivity contribution in [1.29, 1.82) is 0 Å². The number of nitrogens with one attached hydrogen (secondary N) is 2. The molecule has 0 spiro atoms. The number of hydrogen-bond acceptors (Lipinski definition) is 3. The summed E-state index contributed by atoms with van der Waals surface area (Å²) < 4.78 is 1.79. The molecule has 0 radical (unpaired) electrons. The summed E-state index contributed by atoms with van der Waals surface area (Å²) in [5.74, 6) is 0. The van der Waals surface area contributed by atoms with Crippen molar-refractivity contribution < 1.29 is 9.90 Å². The number of aromatic nitrogens is 2. The Labute approximate surface area is 111 Å². The zero-order valence-corrected chi connectivity index (χ0v) is 10.6. The van der Waals surface area contributed by atoms with Crippen LogP contribution >= 0.6 is 0 Å². The standard InChI is InChI=1S/C13H16N4O2/c1-10-5-6-15-17(10)12-4-2-3-11(9-12)16-13(19)14-7-8-18/h2-6,9,18H,7-8H2,1H3,(H2,14,16,19). The van der Waals surface area contributed by atoms with Gasteiger partial charge in [-0.2, -0.15) is 5.10 Å². The van der Waals surface area contributed by atoms with E-state index < -0.39 is 0 Å². The van der Waals surface area contributed by atoms with E-state index in [0.717, 1.165) is 11.4 Å². The molecule has 0 saturated carbocycles. The average Bonchev–Trinajstić information content (AvgIpc) is 2.83. The van der Waals surface area contributed by atoms with Crippen LogP contribution in [0, 0.1) is 6.92 Å². The monoisotopic (exact) mass is 260 g/mol. The SMILES string of the molecule is Cc1ccnn1-c1cccc(NC(=O)NCCO)c1. The first-order valence-electron chi connectivity index (χ1n) is 5.97. The zero-order chi connectivity index (χ0) is 13.7. The van der Waals surface area contributed by atoms with Gasteiger partial charge in [-0.15, -0.1) is 0 Å².